The number of ether oxygens (including phenoxy) is 1. The molecule has 0 aliphatic carbocycles. The van der Waals surface area contributed by atoms with E-state index in [9.17, 15) is 14.0 Å². The van der Waals surface area contributed by atoms with Gasteiger partial charge in [-0.25, -0.2) is 9.37 Å². The number of hydrogen-bond donors (Lipinski definition) is 3. The van der Waals surface area contributed by atoms with Crippen molar-refractivity contribution >= 4 is 11.8 Å². The third-order valence-corrected chi connectivity index (χ3v) is 5.37. The van der Waals surface area contributed by atoms with Gasteiger partial charge in [0, 0.05) is 43.0 Å². The third kappa shape index (κ3) is 4.14. The van der Waals surface area contributed by atoms with Crippen molar-refractivity contribution in [2.45, 2.75) is 18.4 Å². The van der Waals surface area contributed by atoms with Gasteiger partial charge in [-0.2, -0.15) is 0 Å². The van der Waals surface area contributed by atoms with Gasteiger partial charge in [0.1, 0.15) is 18.5 Å². The molecule has 0 saturated heterocycles. The molecule has 0 unspecified atom stereocenters. The third-order valence-electron chi connectivity index (χ3n) is 5.37. The van der Waals surface area contributed by atoms with Crippen LogP contribution in [0.4, 0.5) is 4.39 Å². The van der Waals surface area contributed by atoms with Gasteiger partial charge in [-0.05, 0) is 17.7 Å². The molecule has 7 nitrogen and oxygen atoms in total. The number of alkyl halides is 1. The molecule has 2 atom stereocenters. The molecule has 2 amide bonds. The van der Waals surface area contributed by atoms with Crippen molar-refractivity contribution < 1.29 is 18.7 Å². The molecule has 0 radical (unpaired) electrons. The number of hydrogen-bond acceptors (Lipinski definition) is 4. The lowest BCUT2D eigenvalue weighted by Gasteiger charge is -2.16. The van der Waals surface area contributed by atoms with Gasteiger partial charge in [-0.15, -0.1) is 0 Å². The van der Waals surface area contributed by atoms with E-state index in [0.717, 1.165) is 11.3 Å². The van der Waals surface area contributed by atoms with Crippen LogP contribution >= 0.6 is 0 Å². The summed E-state index contributed by atoms with van der Waals surface area (Å²) in [5.41, 5.74) is 2.95. The van der Waals surface area contributed by atoms with E-state index >= 15 is 0 Å². The molecule has 2 heterocycles. The van der Waals surface area contributed by atoms with E-state index in [-0.39, 0.29) is 11.5 Å². The van der Waals surface area contributed by atoms with Crippen LogP contribution in [0.2, 0.25) is 0 Å². The van der Waals surface area contributed by atoms with E-state index < -0.39 is 24.6 Å². The zero-order valence-electron chi connectivity index (χ0n) is 17.0. The van der Waals surface area contributed by atoms with Crippen molar-refractivity contribution in [3.8, 4) is 5.75 Å². The normalized spacial score (nSPS) is 17.0. The lowest BCUT2D eigenvalue weighted by Crippen LogP contribution is -2.27. The molecule has 0 spiro atoms. The Balaban J connectivity index is 1.68. The highest BCUT2D eigenvalue weighted by Crippen LogP contribution is 2.45. The fraction of sp³-hybridized carbons (Fsp3) is 0.261. The monoisotopic (exact) mass is 422 g/mol. The summed E-state index contributed by atoms with van der Waals surface area (Å²) < 4.78 is 19.7. The Labute approximate surface area is 179 Å². The number of halogens is 1. The molecule has 31 heavy (non-hydrogen) atoms. The van der Waals surface area contributed by atoms with Crippen LogP contribution in [0.1, 0.15) is 43.5 Å². The SMILES string of the molecule is CNC(=O)c1cc(C(=O)NCCc2cnc[nH]2)cc2c1O[C@@H](CF)[C@@H]2c1ccccc1. The largest absolute Gasteiger partial charge is 0.486 e. The number of rotatable bonds is 7. The molecule has 0 fully saturated rings. The van der Waals surface area contributed by atoms with Crippen molar-refractivity contribution in [1.29, 1.82) is 0 Å². The molecule has 3 N–H and O–H groups in total. The van der Waals surface area contributed by atoms with Gasteiger partial charge < -0.3 is 20.4 Å². The van der Waals surface area contributed by atoms with Crippen LogP contribution in [0.5, 0.6) is 5.75 Å². The number of benzene rings is 2. The summed E-state index contributed by atoms with van der Waals surface area (Å²) in [6.07, 6.45) is 3.11. The highest BCUT2D eigenvalue weighted by atomic mass is 19.1. The number of fused-ring (bicyclic) bond motifs is 1. The molecule has 3 aromatic rings. The summed E-state index contributed by atoms with van der Waals surface area (Å²) in [4.78, 5) is 32.3. The number of nitrogens with one attached hydrogen (secondary N) is 3. The van der Waals surface area contributed by atoms with E-state index in [4.69, 9.17) is 4.74 Å². The average Bonchev–Trinajstić information content (AvgIpc) is 3.45. The lowest BCUT2D eigenvalue weighted by atomic mass is 9.86. The van der Waals surface area contributed by atoms with Crippen LogP contribution in [-0.4, -0.2) is 48.2 Å². The van der Waals surface area contributed by atoms with Crippen LogP contribution < -0.4 is 15.4 Å². The zero-order chi connectivity index (χ0) is 21.8. The van der Waals surface area contributed by atoms with E-state index in [0.29, 0.717) is 29.8 Å². The summed E-state index contributed by atoms with van der Waals surface area (Å²) in [6, 6.07) is 12.6. The Bertz CT molecular complexity index is 1070. The lowest BCUT2D eigenvalue weighted by molar-refractivity contribution is 0.0953. The molecule has 1 aliphatic rings. The molecule has 0 bridgehead atoms. The molecule has 2 aromatic carbocycles. The summed E-state index contributed by atoms with van der Waals surface area (Å²) in [5, 5.41) is 5.43. The Morgan fingerprint density at radius 1 is 1.19 bits per heavy atom. The van der Waals surface area contributed by atoms with Gasteiger partial charge in [0.25, 0.3) is 11.8 Å². The van der Waals surface area contributed by atoms with Gasteiger partial charge in [0.2, 0.25) is 0 Å². The van der Waals surface area contributed by atoms with Crippen molar-refractivity contribution in [3.05, 3.63) is 82.9 Å². The number of imidazole rings is 1. The molecular weight excluding hydrogens is 399 g/mol. The van der Waals surface area contributed by atoms with Gasteiger partial charge in [0.15, 0.2) is 0 Å². The Morgan fingerprint density at radius 2 is 2.00 bits per heavy atom. The molecule has 8 heteroatoms. The Kier molecular flexibility index (Phi) is 5.97. The van der Waals surface area contributed by atoms with Crippen molar-refractivity contribution in [1.82, 2.24) is 20.6 Å². The second kappa shape index (κ2) is 8.99. The quantitative estimate of drug-likeness (QED) is 0.545. The van der Waals surface area contributed by atoms with Crippen LogP contribution in [-0.2, 0) is 6.42 Å². The van der Waals surface area contributed by atoms with E-state index in [1.54, 1.807) is 18.6 Å². The number of amides is 2. The number of carbonyl (C=O) groups excluding carboxylic acids is 2. The number of nitrogens with zero attached hydrogens (tertiary/aromatic N) is 1. The van der Waals surface area contributed by atoms with Gasteiger partial charge in [-0.3, -0.25) is 9.59 Å². The first kappa shape index (κ1) is 20.6. The smallest absolute Gasteiger partial charge is 0.254 e. The molecule has 4 rings (SSSR count). The van der Waals surface area contributed by atoms with E-state index in [1.807, 2.05) is 30.3 Å². The molecular formula is C23H23FN4O3. The standard InChI is InChI=1S/C23H23FN4O3/c1-25-23(30)18-10-15(22(29)27-8-7-16-12-26-13-28-16)9-17-20(14-5-3-2-4-6-14)19(11-24)31-21(17)18/h2-6,9-10,12-13,19-20H,7-8,11H2,1H3,(H,25,30)(H,26,28)(H,27,29)/t19-,20+/m0/s1. The minimum Gasteiger partial charge on any atom is -0.486 e. The predicted molar refractivity (Wildman–Crippen MR) is 113 cm³/mol. The van der Waals surface area contributed by atoms with Gasteiger partial charge in [-0.1, -0.05) is 30.3 Å². The van der Waals surface area contributed by atoms with Crippen LogP contribution in [0.3, 0.4) is 0 Å². The summed E-state index contributed by atoms with van der Waals surface area (Å²) in [5.74, 6) is -0.801. The van der Waals surface area contributed by atoms with Crippen LogP contribution in [0.25, 0.3) is 0 Å². The first-order valence-corrected chi connectivity index (χ1v) is 10.1. The van der Waals surface area contributed by atoms with E-state index in [2.05, 4.69) is 20.6 Å². The molecule has 160 valence electrons. The number of H-pyrrole nitrogens is 1. The Morgan fingerprint density at radius 3 is 2.68 bits per heavy atom. The summed E-state index contributed by atoms with van der Waals surface area (Å²) in [6.45, 7) is -0.313. The van der Waals surface area contributed by atoms with Crippen molar-refractivity contribution in [3.63, 3.8) is 0 Å². The average molecular weight is 422 g/mol. The highest BCUT2D eigenvalue weighted by Gasteiger charge is 2.39. The summed E-state index contributed by atoms with van der Waals surface area (Å²) in [7, 11) is 1.50. The Hall–Kier alpha value is -3.68. The maximum atomic E-state index is 13.9. The number of carbonyl (C=O) groups is 2. The zero-order valence-corrected chi connectivity index (χ0v) is 17.0. The molecule has 0 saturated carbocycles. The highest BCUT2D eigenvalue weighted by molar-refractivity contribution is 6.02. The van der Waals surface area contributed by atoms with Crippen molar-refractivity contribution in [2.24, 2.45) is 0 Å². The fourth-order valence-corrected chi connectivity index (χ4v) is 3.88. The predicted octanol–water partition coefficient (Wildman–Crippen LogP) is 2.60. The maximum absolute atomic E-state index is 13.9. The first-order chi connectivity index (χ1) is 15.1. The topological polar surface area (TPSA) is 96.1 Å². The molecule has 1 aromatic heterocycles. The minimum absolute atomic E-state index is 0.218. The van der Waals surface area contributed by atoms with Crippen molar-refractivity contribution in [2.75, 3.05) is 20.3 Å². The van der Waals surface area contributed by atoms with Crippen LogP contribution in [0, 0.1) is 0 Å². The van der Waals surface area contributed by atoms with Gasteiger partial charge >= 0.3 is 0 Å². The second-order valence-corrected chi connectivity index (χ2v) is 7.30. The molecule has 1 aliphatic heterocycles. The summed E-state index contributed by atoms with van der Waals surface area (Å²) >= 11 is 0. The van der Waals surface area contributed by atoms with Gasteiger partial charge in [0.05, 0.1) is 17.8 Å². The van der Waals surface area contributed by atoms with Crippen LogP contribution in [0.15, 0.2) is 55.0 Å². The number of aromatic amines is 1. The first-order valence-electron chi connectivity index (χ1n) is 10.1. The number of aromatic nitrogens is 2. The minimum atomic E-state index is -0.764. The fourth-order valence-electron chi connectivity index (χ4n) is 3.88. The van der Waals surface area contributed by atoms with E-state index in [1.165, 1.54) is 13.1 Å². The second-order valence-electron chi connectivity index (χ2n) is 7.30. The maximum Gasteiger partial charge on any atom is 0.254 e.